The van der Waals surface area contributed by atoms with Gasteiger partial charge >= 0.3 is 7.12 Å². The van der Waals surface area contributed by atoms with Crippen LogP contribution in [0, 0.1) is 5.82 Å². The van der Waals surface area contributed by atoms with Gasteiger partial charge in [-0.15, -0.1) is 0 Å². The standard InChI is InChI=1S/C18H21BF2N2O2/c1-17(2)18(3,4)25-19(24-17)16(21)11-12-6-7-13(10-14(12)20)15-8-9-22-23(15)5/h6-11H,1-5H3. The molecule has 25 heavy (non-hydrogen) atoms. The van der Waals surface area contributed by atoms with E-state index in [1.807, 2.05) is 27.7 Å². The highest BCUT2D eigenvalue weighted by atomic mass is 19.1. The Morgan fingerprint density at radius 2 is 1.80 bits per heavy atom. The molecule has 132 valence electrons. The highest BCUT2D eigenvalue weighted by Crippen LogP contribution is 2.39. The lowest BCUT2D eigenvalue weighted by Crippen LogP contribution is -2.41. The number of benzene rings is 1. The molecule has 2 heterocycles. The van der Waals surface area contributed by atoms with Gasteiger partial charge in [-0.05, 0) is 45.9 Å². The topological polar surface area (TPSA) is 36.3 Å². The van der Waals surface area contributed by atoms with Crippen molar-refractivity contribution in [1.82, 2.24) is 9.78 Å². The molecule has 0 spiro atoms. The molecule has 1 aliphatic heterocycles. The molecule has 0 N–H and O–H groups in total. The van der Waals surface area contributed by atoms with Crippen molar-refractivity contribution in [3.8, 4) is 11.3 Å². The average Bonchev–Trinajstić information content (AvgIpc) is 3.02. The summed E-state index contributed by atoms with van der Waals surface area (Å²) in [5.41, 5.74) is -0.370. The first-order valence-corrected chi connectivity index (χ1v) is 8.11. The van der Waals surface area contributed by atoms with E-state index in [0.717, 1.165) is 11.8 Å². The second-order valence-electron chi connectivity index (χ2n) is 7.19. The van der Waals surface area contributed by atoms with Crippen LogP contribution >= 0.6 is 0 Å². The second-order valence-corrected chi connectivity index (χ2v) is 7.19. The molecule has 1 fully saturated rings. The van der Waals surface area contributed by atoms with E-state index < -0.39 is 29.9 Å². The van der Waals surface area contributed by atoms with E-state index in [1.165, 1.54) is 12.1 Å². The van der Waals surface area contributed by atoms with E-state index >= 15 is 0 Å². The van der Waals surface area contributed by atoms with Crippen molar-refractivity contribution in [3.63, 3.8) is 0 Å². The molecule has 2 aromatic rings. The van der Waals surface area contributed by atoms with Crippen LogP contribution in [0.4, 0.5) is 8.78 Å². The fraction of sp³-hybridized carbons (Fsp3) is 0.389. The zero-order valence-corrected chi connectivity index (χ0v) is 15.0. The molecule has 0 amide bonds. The minimum Gasteiger partial charge on any atom is -0.398 e. The maximum Gasteiger partial charge on any atom is 0.525 e. The number of aryl methyl sites for hydroxylation is 1. The summed E-state index contributed by atoms with van der Waals surface area (Å²) >= 11 is 0. The molecule has 7 heteroatoms. The molecular weight excluding hydrogens is 325 g/mol. The summed E-state index contributed by atoms with van der Waals surface area (Å²) in [5.74, 6) is -0.523. The van der Waals surface area contributed by atoms with Crippen molar-refractivity contribution in [2.24, 2.45) is 7.05 Å². The summed E-state index contributed by atoms with van der Waals surface area (Å²) in [6.07, 6.45) is 2.75. The molecule has 1 aliphatic rings. The van der Waals surface area contributed by atoms with Gasteiger partial charge in [0.15, 0.2) is 0 Å². The number of hydrogen-bond acceptors (Lipinski definition) is 3. The fourth-order valence-electron chi connectivity index (χ4n) is 2.63. The van der Waals surface area contributed by atoms with Crippen LogP contribution in [0.5, 0.6) is 0 Å². The van der Waals surface area contributed by atoms with Crippen LogP contribution in [0.2, 0.25) is 0 Å². The van der Waals surface area contributed by atoms with Crippen molar-refractivity contribution in [3.05, 3.63) is 47.6 Å². The smallest absolute Gasteiger partial charge is 0.398 e. The monoisotopic (exact) mass is 346 g/mol. The summed E-state index contributed by atoms with van der Waals surface area (Å²) in [6, 6.07) is 6.40. The van der Waals surface area contributed by atoms with E-state index in [1.54, 1.807) is 30.1 Å². The Balaban J connectivity index is 1.86. The van der Waals surface area contributed by atoms with E-state index in [4.69, 9.17) is 9.31 Å². The third kappa shape index (κ3) is 3.26. The second kappa shape index (κ2) is 6.07. The van der Waals surface area contributed by atoms with Crippen LogP contribution in [0.15, 0.2) is 36.2 Å². The van der Waals surface area contributed by atoms with Crippen LogP contribution in [0.3, 0.4) is 0 Å². The maximum absolute atomic E-state index is 14.5. The Morgan fingerprint density at radius 3 is 2.32 bits per heavy atom. The first-order chi connectivity index (χ1) is 11.6. The van der Waals surface area contributed by atoms with Gasteiger partial charge < -0.3 is 9.31 Å². The van der Waals surface area contributed by atoms with Crippen molar-refractivity contribution < 1.29 is 18.1 Å². The molecule has 0 bridgehead atoms. The average molecular weight is 346 g/mol. The molecule has 1 saturated heterocycles. The molecule has 0 saturated carbocycles. The van der Waals surface area contributed by atoms with Gasteiger partial charge in [0.1, 0.15) is 11.5 Å². The van der Waals surface area contributed by atoms with Crippen LogP contribution in [-0.4, -0.2) is 28.1 Å². The maximum atomic E-state index is 14.5. The summed E-state index contributed by atoms with van der Waals surface area (Å²) in [7, 11) is 0.639. The molecule has 4 nitrogen and oxygen atoms in total. The van der Waals surface area contributed by atoms with Gasteiger partial charge in [-0.2, -0.15) is 5.10 Å². The Bertz CT molecular complexity index is 814. The number of rotatable bonds is 3. The van der Waals surface area contributed by atoms with Gasteiger partial charge in [0.2, 0.25) is 0 Å². The van der Waals surface area contributed by atoms with Crippen LogP contribution < -0.4 is 0 Å². The van der Waals surface area contributed by atoms with Gasteiger partial charge in [-0.25, -0.2) is 8.78 Å². The Morgan fingerprint density at radius 1 is 1.16 bits per heavy atom. The summed E-state index contributed by atoms with van der Waals surface area (Å²) in [6.45, 7) is 7.35. The molecule has 0 radical (unpaired) electrons. The summed E-state index contributed by atoms with van der Waals surface area (Å²) < 4.78 is 41.9. The van der Waals surface area contributed by atoms with Crippen LogP contribution in [0.25, 0.3) is 17.3 Å². The van der Waals surface area contributed by atoms with Gasteiger partial charge in [0.05, 0.1) is 16.9 Å². The van der Waals surface area contributed by atoms with E-state index in [-0.39, 0.29) is 5.56 Å². The largest absolute Gasteiger partial charge is 0.525 e. The number of nitrogens with zero attached hydrogens (tertiary/aromatic N) is 2. The SMILES string of the molecule is Cn1nccc1-c1ccc(C=C(F)B2OC(C)(C)C(C)(C)O2)c(F)c1. The number of halogens is 2. The third-order valence-electron chi connectivity index (χ3n) is 4.89. The molecule has 0 aliphatic carbocycles. The van der Waals surface area contributed by atoms with Crippen molar-refractivity contribution in [2.45, 2.75) is 38.9 Å². The summed E-state index contributed by atoms with van der Waals surface area (Å²) in [4.78, 5) is 0. The highest BCUT2D eigenvalue weighted by Gasteiger charge is 2.53. The van der Waals surface area contributed by atoms with Crippen LogP contribution in [0.1, 0.15) is 33.3 Å². The predicted octanol–water partition coefficient (Wildman–Crippen LogP) is 4.17. The Hall–Kier alpha value is -1.99. The highest BCUT2D eigenvalue weighted by molar-refractivity contribution is 6.54. The first kappa shape index (κ1) is 17.8. The quantitative estimate of drug-likeness (QED) is 0.783. The van der Waals surface area contributed by atoms with Gasteiger partial charge in [-0.1, -0.05) is 12.1 Å². The molecule has 0 unspecified atom stereocenters. The van der Waals surface area contributed by atoms with Crippen molar-refractivity contribution >= 4 is 13.2 Å². The molecule has 0 atom stereocenters. The Kier molecular flexibility index (Phi) is 4.33. The number of aromatic nitrogens is 2. The van der Waals surface area contributed by atoms with E-state index in [0.29, 0.717) is 5.56 Å². The predicted molar refractivity (Wildman–Crippen MR) is 93.8 cm³/mol. The van der Waals surface area contributed by atoms with Gasteiger partial charge in [-0.3, -0.25) is 4.68 Å². The van der Waals surface area contributed by atoms with Crippen LogP contribution in [-0.2, 0) is 16.4 Å². The first-order valence-electron chi connectivity index (χ1n) is 8.11. The Labute approximate surface area is 146 Å². The third-order valence-corrected chi connectivity index (χ3v) is 4.89. The zero-order chi connectivity index (χ0) is 18.4. The molecular formula is C18H21BF2N2O2. The normalized spacial score (nSPS) is 19.5. The lowest BCUT2D eigenvalue weighted by Gasteiger charge is -2.32. The van der Waals surface area contributed by atoms with Crippen molar-refractivity contribution in [1.29, 1.82) is 0 Å². The van der Waals surface area contributed by atoms with Gasteiger partial charge in [0.25, 0.3) is 0 Å². The summed E-state index contributed by atoms with van der Waals surface area (Å²) in [5, 5.41) is 4.06. The minimum absolute atomic E-state index is 0.137. The van der Waals surface area contributed by atoms with E-state index in [9.17, 15) is 8.78 Å². The number of hydrogen-bond donors (Lipinski definition) is 0. The minimum atomic E-state index is -1.14. The molecule has 3 rings (SSSR count). The zero-order valence-electron chi connectivity index (χ0n) is 15.0. The van der Waals surface area contributed by atoms with Gasteiger partial charge in [0, 0.05) is 24.4 Å². The lowest BCUT2D eigenvalue weighted by molar-refractivity contribution is 0.00578. The molecule has 1 aromatic carbocycles. The molecule has 1 aromatic heterocycles. The fourth-order valence-corrected chi connectivity index (χ4v) is 2.63. The lowest BCUT2D eigenvalue weighted by atomic mass is 9.86. The van der Waals surface area contributed by atoms with E-state index in [2.05, 4.69) is 5.10 Å². The van der Waals surface area contributed by atoms with Crippen molar-refractivity contribution in [2.75, 3.05) is 0 Å².